The molecule has 0 saturated heterocycles. The van der Waals surface area contributed by atoms with Gasteiger partial charge in [-0.05, 0) is 32.1 Å². The van der Waals surface area contributed by atoms with Gasteiger partial charge in [-0.1, -0.05) is 6.58 Å². The molecule has 0 aliphatic heterocycles. The molecule has 0 aliphatic carbocycles. The number of rotatable bonds is 12. The molecule has 5 nitrogen and oxygen atoms in total. The average Bonchev–Trinajstić information content (AvgIpc) is 2.35. The molecule has 0 atom stereocenters. The molecule has 0 heterocycles. The Morgan fingerprint density at radius 2 is 1.61 bits per heavy atom. The van der Waals surface area contributed by atoms with Crippen LogP contribution < -0.4 is 0 Å². The first-order valence-electron chi connectivity index (χ1n) is 6.25. The summed E-state index contributed by atoms with van der Waals surface area (Å²) in [6.45, 7) is 5.00. The van der Waals surface area contributed by atoms with Crippen molar-refractivity contribution in [3.63, 3.8) is 0 Å². The number of carboxylic acids is 1. The number of aliphatic carboxylic acids is 1. The first-order valence-corrected chi connectivity index (χ1v) is 6.25. The van der Waals surface area contributed by atoms with E-state index in [1.807, 2.05) is 0 Å². The highest BCUT2D eigenvalue weighted by Crippen LogP contribution is 1.99. The molecule has 0 amide bonds. The highest BCUT2D eigenvalue weighted by Gasteiger charge is 1.97. The highest BCUT2D eigenvalue weighted by atomic mass is 16.5. The van der Waals surface area contributed by atoms with Gasteiger partial charge in [0.2, 0.25) is 0 Å². The van der Waals surface area contributed by atoms with Crippen molar-refractivity contribution in [2.24, 2.45) is 0 Å². The Kier molecular flexibility index (Phi) is 11.2. The lowest BCUT2D eigenvalue weighted by molar-refractivity contribution is -0.138. The second-order valence-electron chi connectivity index (χ2n) is 3.90. The number of esters is 1. The molecule has 18 heavy (non-hydrogen) atoms. The molecule has 0 fully saturated rings. The maximum Gasteiger partial charge on any atom is 0.330 e. The maximum absolute atomic E-state index is 10.7. The molecule has 104 valence electrons. The van der Waals surface area contributed by atoms with Crippen LogP contribution in [0.4, 0.5) is 0 Å². The fourth-order valence-electron chi connectivity index (χ4n) is 1.30. The molecule has 0 aliphatic rings. The van der Waals surface area contributed by atoms with Gasteiger partial charge in [0.25, 0.3) is 0 Å². The lowest BCUT2D eigenvalue weighted by atomic mass is 10.2. The fourth-order valence-corrected chi connectivity index (χ4v) is 1.30. The van der Waals surface area contributed by atoms with Crippen LogP contribution in [0.3, 0.4) is 0 Å². The van der Waals surface area contributed by atoms with Gasteiger partial charge in [0.05, 0.1) is 6.61 Å². The topological polar surface area (TPSA) is 72.8 Å². The van der Waals surface area contributed by atoms with Gasteiger partial charge in [0.1, 0.15) is 0 Å². The number of carboxylic acid groups (broad SMARTS) is 1. The van der Waals surface area contributed by atoms with E-state index < -0.39 is 5.97 Å². The molecule has 1 N–H and O–H groups in total. The van der Waals surface area contributed by atoms with Gasteiger partial charge in [0.15, 0.2) is 0 Å². The zero-order valence-corrected chi connectivity index (χ0v) is 10.7. The Labute approximate surface area is 108 Å². The molecule has 0 aromatic rings. The van der Waals surface area contributed by atoms with Crippen molar-refractivity contribution in [3.05, 3.63) is 12.7 Å². The SMILES string of the molecule is C=CC(=O)OCCCCCOCCCCC(=O)O. The van der Waals surface area contributed by atoms with Crippen LogP contribution in [0.2, 0.25) is 0 Å². The van der Waals surface area contributed by atoms with Crippen molar-refractivity contribution in [3.8, 4) is 0 Å². The monoisotopic (exact) mass is 258 g/mol. The number of unbranched alkanes of at least 4 members (excludes halogenated alkanes) is 3. The minimum atomic E-state index is -0.760. The van der Waals surface area contributed by atoms with E-state index in [1.54, 1.807) is 0 Å². The lowest BCUT2D eigenvalue weighted by Gasteiger charge is -2.04. The summed E-state index contributed by atoms with van der Waals surface area (Å²) in [6.07, 6.45) is 5.49. The molecular formula is C13H22O5. The average molecular weight is 258 g/mol. The third-order valence-corrected chi connectivity index (χ3v) is 2.27. The molecule has 0 unspecified atom stereocenters. The first-order chi connectivity index (χ1) is 8.66. The van der Waals surface area contributed by atoms with Crippen LogP contribution in [0.5, 0.6) is 0 Å². The Balaban J connectivity index is 3.05. The minimum absolute atomic E-state index is 0.206. The van der Waals surface area contributed by atoms with Crippen LogP contribution in [0, 0.1) is 0 Å². The van der Waals surface area contributed by atoms with Crippen molar-refractivity contribution >= 4 is 11.9 Å². The quantitative estimate of drug-likeness (QED) is 0.330. The minimum Gasteiger partial charge on any atom is -0.481 e. The fraction of sp³-hybridized carbons (Fsp3) is 0.692. The number of hydrogen-bond donors (Lipinski definition) is 1. The maximum atomic E-state index is 10.7. The third-order valence-electron chi connectivity index (χ3n) is 2.27. The Morgan fingerprint density at radius 1 is 1.00 bits per heavy atom. The van der Waals surface area contributed by atoms with Crippen LogP contribution in [0.1, 0.15) is 38.5 Å². The number of hydrogen-bond acceptors (Lipinski definition) is 4. The molecule has 0 aromatic heterocycles. The highest BCUT2D eigenvalue weighted by molar-refractivity contribution is 5.81. The van der Waals surface area contributed by atoms with Crippen molar-refractivity contribution in [2.75, 3.05) is 19.8 Å². The second kappa shape index (κ2) is 12.1. The molecule has 5 heteroatoms. The van der Waals surface area contributed by atoms with Crippen LogP contribution in [0.25, 0.3) is 0 Å². The van der Waals surface area contributed by atoms with Crippen LogP contribution in [0.15, 0.2) is 12.7 Å². The van der Waals surface area contributed by atoms with Gasteiger partial charge in [-0.15, -0.1) is 0 Å². The molecule has 0 saturated carbocycles. The molecule has 0 radical (unpaired) electrons. The first kappa shape index (κ1) is 16.6. The molecule has 0 aromatic carbocycles. The van der Waals surface area contributed by atoms with Crippen LogP contribution in [-0.4, -0.2) is 36.9 Å². The van der Waals surface area contributed by atoms with Crippen molar-refractivity contribution in [2.45, 2.75) is 38.5 Å². The molecular weight excluding hydrogens is 236 g/mol. The van der Waals surface area contributed by atoms with Crippen molar-refractivity contribution in [1.82, 2.24) is 0 Å². The van der Waals surface area contributed by atoms with E-state index in [4.69, 9.17) is 14.6 Å². The van der Waals surface area contributed by atoms with E-state index >= 15 is 0 Å². The van der Waals surface area contributed by atoms with Crippen molar-refractivity contribution in [1.29, 1.82) is 0 Å². The summed E-state index contributed by atoms with van der Waals surface area (Å²) in [5, 5.41) is 8.41. The predicted octanol–water partition coefficient (Wildman–Crippen LogP) is 2.16. The van der Waals surface area contributed by atoms with E-state index in [0.29, 0.717) is 26.2 Å². The van der Waals surface area contributed by atoms with Gasteiger partial charge in [-0.3, -0.25) is 4.79 Å². The van der Waals surface area contributed by atoms with Crippen molar-refractivity contribution < 1.29 is 24.2 Å². The number of ether oxygens (including phenoxy) is 2. The Morgan fingerprint density at radius 3 is 2.22 bits per heavy atom. The molecule has 0 bridgehead atoms. The number of carbonyl (C=O) groups excluding carboxylic acids is 1. The van der Waals surface area contributed by atoms with E-state index in [9.17, 15) is 9.59 Å². The van der Waals surface area contributed by atoms with E-state index in [-0.39, 0.29) is 12.4 Å². The van der Waals surface area contributed by atoms with E-state index in [0.717, 1.165) is 31.8 Å². The van der Waals surface area contributed by atoms with Gasteiger partial charge < -0.3 is 14.6 Å². The summed E-state index contributed by atoms with van der Waals surface area (Å²) in [5.41, 5.74) is 0. The summed E-state index contributed by atoms with van der Waals surface area (Å²) in [6, 6.07) is 0. The third kappa shape index (κ3) is 12.7. The van der Waals surface area contributed by atoms with Crippen LogP contribution >= 0.6 is 0 Å². The summed E-state index contributed by atoms with van der Waals surface area (Å²) in [7, 11) is 0. The standard InChI is InChI=1S/C13H22O5/c1-2-13(16)18-11-6-3-5-9-17-10-7-4-8-12(14)15/h2H,1,3-11H2,(H,14,15). The summed E-state index contributed by atoms with van der Waals surface area (Å²) >= 11 is 0. The molecule has 0 rings (SSSR count). The summed E-state index contributed by atoms with van der Waals surface area (Å²) < 4.78 is 10.2. The summed E-state index contributed by atoms with van der Waals surface area (Å²) in [4.78, 5) is 20.9. The zero-order valence-electron chi connectivity index (χ0n) is 10.7. The van der Waals surface area contributed by atoms with E-state index in [2.05, 4.69) is 6.58 Å². The normalized spacial score (nSPS) is 10.0. The second-order valence-corrected chi connectivity index (χ2v) is 3.90. The summed E-state index contributed by atoms with van der Waals surface area (Å²) in [5.74, 6) is -1.14. The predicted molar refractivity (Wildman–Crippen MR) is 67.3 cm³/mol. The van der Waals surface area contributed by atoms with Gasteiger partial charge >= 0.3 is 11.9 Å². The largest absolute Gasteiger partial charge is 0.481 e. The lowest BCUT2D eigenvalue weighted by Crippen LogP contribution is -2.03. The Hall–Kier alpha value is -1.36. The smallest absolute Gasteiger partial charge is 0.330 e. The Bertz CT molecular complexity index is 250. The van der Waals surface area contributed by atoms with Crippen LogP contribution in [-0.2, 0) is 19.1 Å². The van der Waals surface area contributed by atoms with Gasteiger partial charge in [0, 0.05) is 25.7 Å². The molecule has 0 spiro atoms. The number of carbonyl (C=O) groups is 2. The van der Waals surface area contributed by atoms with Gasteiger partial charge in [-0.2, -0.15) is 0 Å². The van der Waals surface area contributed by atoms with E-state index in [1.165, 1.54) is 0 Å². The van der Waals surface area contributed by atoms with Gasteiger partial charge in [-0.25, -0.2) is 4.79 Å². The zero-order chi connectivity index (χ0) is 13.6.